The summed E-state index contributed by atoms with van der Waals surface area (Å²) in [4.78, 5) is 25.2. The number of benzene rings is 1. The molecule has 0 aromatic heterocycles. The molecule has 0 amide bonds. The van der Waals surface area contributed by atoms with Gasteiger partial charge in [-0.3, -0.25) is 0 Å². The van der Waals surface area contributed by atoms with E-state index in [1.165, 1.54) is 166 Å². The average molecular weight is 841 g/mol. The number of ether oxygens (including phenoxy) is 2. The molecule has 0 saturated carbocycles. The van der Waals surface area contributed by atoms with Crippen LogP contribution in [0.25, 0.3) is 0 Å². The van der Waals surface area contributed by atoms with E-state index in [1.54, 1.807) is 0 Å². The first kappa shape index (κ1) is 56.2. The number of hydrogen-bond donors (Lipinski definition) is 0. The van der Waals surface area contributed by atoms with E-state index in [1.807, 2.05) is 0 Å². The molecular weight excluding hydrogens is 760 g/mol. The molecule has 0 N–H and O–H groups in total. The molecule has 1 aromatic carbocycles. The zero-order valence-electron chi connectivity index (χ0n) is 36.8. The topological polar surface area (TPSA) is 110 Å². The predicted molar refractivity (Wildman–Crippen MR) is 232 cm³/mol. The summed E-state index contributed by atoms with van der Waals surface area (Å²) in [7, 11) is -5.01. The molecule has 0 unspecified atom stereocenters. The van der Waals surface area contributed by atoms with Crippen molar-refractivity contribution in [2.45, 2.75) is 224 Å². The van der Waals surface area contributed by atoms with Crippen molar-refractivity contribution in [3.05, 3.63) is 53.6 Å². The Bertz CT molecular complexity index is 1280. The molecule has 0 aliphatic rings. The molecule has 0 radical (unpaired) electrons. The summed E-state index contributed by atoms with van der Waals surface area (Å²) in [5.41, 5.74) is -0.772. The third-order valence-corrected chi connectivity index (χ3v) is 11.6. The molecule has 0 fully saturated rings. The first-order valence-electron chi connectivity index (χ1n) is 23.0. The second-order valence-corrected chi connectivity index (χ2v) is 17.1. The van der Waals surface area contributed by atoms with Gasteiger partial charge in [0.1, 0.15) is 10.1 Å². The predicted octanol–water partition coefficient (Wildman–Crippen LogP) is 11.5. The standard InChI is InChI=1S/C48H82O7S.K/c1-3-5-7-9-11-13-15-17-19-21-23-25-27-29-31-33-35-37-42-54-47(49)44-40-39-41-45(56(51,52)53)46(44)48(50)55-43-38-36-34-32-30-28-26-24-22-20-18-16-14-12-10-8-6-4-2;/h3-6,39-41H,7-38,42-43H2,1-2H3,(H,51,52,53);/q;+1/p-1/b5-3+,6-4+;. The van der Waals surface area contributed by atoms with Gasteiger partial charge >= 0.3 is 63.3 Å². The van der Waals surface area contributed by atoms with Crippen LogP contribution in [0, 0.1) is 0 Å². The van der Waals surface area contributed by atoms with E-state index in [0.717, 1.165) is 44.6 Å². The molecule has 9 heteroatoms. The van der Waals surface area contributed by atoms with Crippen LogP contribution in [0.1, 0.15) is 240 Å². The van der Waals surface area contributed by atoms with Gasteiger partial charge in [-0.25, -0.2) is 18.0 Å². The van der Waals surface area contributed by atoms with Crippen LogP contribution >= 0.6 is 0 Å². The number of hydrogen-bond acceptors (Lipinski definition) is 7. The molecule has 7 nitrogen and oxygen atoms in total. The van der Waals surface area contributed by atoms with Crippen molar-refractivity contribution in [2.75, 3.05) is 13.2 Å². The summed E-state index contributed by atoms with van der Waals surface area (Å²) in [5, 5.41) is 0. The zero-order valence-corrected chi connectivity index (χ0v) is 40.8. The van der Waals surface area contributed by atoms with Gasteiger partial charge in [-0.05, 0) is 64.5 Å². The van der Waals surface area contributed by atoms with Gasteiger partial charge in [0.2, 0.25) is 0 Å². The van der Waals surface area contributed by atoms with E-state index < -0.39 is 32.5 Å². The van der Waals surface area contributed by atoms with Gasteiger partial charge in [-0.15, -0.1) is 0 Å². The number of allylic oxidation sites excluding steroid dienone is 4. The van der Waals surface area contributed by atoms with Gasteiger partial charge in [-0.1, -0.05) is 197 Å². The van der Waals surface area contributed by atoms with Crippen molar-refractivity contribution in [2.24, 2.45) is 0 Å². The van der Waals surface area contributed by atoms with Crippen molar-refractivity contribution in [1.82, 2.24) is 0 Å². The molecule has 0 saturated heterocycles. The average Bonchev–Trinajstić information content (AvgIpc) is 3.18. The number of carbonyl (C=O) groups excluding carboxylic acids is 2. The quantitative estimate of drug-likeness (QED) is 0.0213. The Morgan fingerprint density at radius 2 is 0.789 bits per heavy atom. The Labute approximate surface area is 392 Å². The van der Waals surface area contributed by atoms with Crippen LogP contribution in [0.15, 0.2) is 47.4 Å². The first-order chi connectivity index (χ1) is 27.3. The molecule has 0 atom stereocenters. The second kappa shape index (κ2) is 40.6. The number of esters is 2. The van der Waals surface area contributed by atoms with Crippen LogP contribution in [0.2, 0.25) is 0 Å². The fraction of sp³-hybridized carbons (Fsp3) is 0.750. The maximum Gasteiger partial charge on any atom is 1.00 e. The number of rotatable bonds is 39. The first-order valence-corrected chi connectivity index (χ1v) is 24.4. The second-order valence-electron chi connectivity index (χ2n) is 15.7. The van der Waals surface area contributed by atoms with Gasteiger partial charge in [-0.2, -0.15) is 0 Å². The van der Waals surface area contributed by atoms with E-state index in [9.17, 15) is 22.6 Å². The Hall–Kier alpha value is -0.814. The zero-order chi connectivity index (χ0) is 40.8. The van der Waals surface area contributed by atoms with Crippen LogP contribution in [0.4, 0.5) is 0 Å². The molecule has 0 spiro atoms. The van der Waals surface area contributed by atoms with E-state index in [2.05, 4.69) is 38.2 Å². The van der Waals surface area contributed by atoms with Crippen LogP contribution in [0.5, 0.6) is 0 Å². The van der Waals surface area contributed by atoms with Gasteiger partial charge in [0.15, 0.2) is 0 Å². The summed E-state index contributed by atoms with van der Waals surface area (Å²) in [6, 6.07) is 3.64. The largest absolute Gasteiger partial charge is 1.00 e. The van der Waals surface area contributed by atoms with Crippen molar-refractivity contribution in [1.29, 1.82) is 0 Å². The van der Waals surface area contributed by atoms with Gasteiger partial charge in [0, 0.05) is 0 Å². The molecule has 1 rings (SSSR count). The normalized spacial score (nSPS) is 11.7. The molecule has 322 valence electrons. The third kappa shape index (κ3) is 32.6. The fourth-order valence-corrected chi connectivity index (χ4v) is 7.95. The van der Waals surface area contributed by atoms with Gasteiger partial charge < -0.3 is 14.0 Å². The molecule has 0 aliphatic heterocycles. The monoisotopic (exact) mass is 841 g/mol. The van der Waals surface area contributed by atoms with Gasteiger partial charge in [0.25, 0.3) is 0 Å². The number of carbonyl (C=O) groups is 2. The minimum absolute atomic E-state index is 0. The maximum atomic E-state index is 13.0. The molecule has 1 aromatic rings. The maximum absolute atomic E-state index is 13.0. The Morgan fingerprint density at radius 3 is 1.11 bits per heavy atom. The summed E-state index contributed by atoms with van der Waals surface area (Å²) in [6.45, 7) is 4.42. The van der Waals surface area contributed by atoms with Crippen molar-refractivity contribution >= 4 is 22.1 Å². The third-order valence-electron chi connectivity index (χ3n) is 10.7. The smallest absolute Gasteiger partial charge is 0.744 e. The summed E-state index contributed by atoms with van der Waals surface area (Å²) >= 11 is 0. The Kier molecular flexibility index (Phi) is 40.0. The SMILES string of the molecule is C/C=C/CCCCCCCCCCCCCCCCCOC(=O)c1cccc(S(=O)(=O)[O-])c1C(=O)OCCCCCCCCCCCCCCCCC/C=C/C.[K+]. The fourth-order valence-electron chi connectivity index (χ4n) is 7.26. The summed E-state index contributed by atoms with van der Waals surface area (Å²) in [6.07, 6.45) is 47.7. The Balaban J connectivity index is 0.0000314. The van der Waals surface area contributed by atoms with E-state index in [-0.39, 0.29) is 70.2 Å². The van der Waals surface area contributed by atoms with E-state index >= 15 is 0 Å². The molecule has 0 aliphatic carbocycles. The summed E-state index contributed by atoms with van der Waals surface area (Å²) in [5.74, 6) is -1.80. The summed E-state index contributed by atoms with van der Waals surface area (Å²) < 4.78 is 46.8. The van der Waals surface area contributed by atoms with Crippen molar-refractivity contribution in [3.63, 3.8) is 0 Å². The van der Waals surface area contributed by atoms with Gasteiger partial charge in [0.05, 0.1) is 29.2 Å². The van der Waals surface area contributed by atoms with Crippen LogP contribution in [-0.4, -0.2) is 38.1 Å². The van der Waals surface area contributed by atoms with Crippen molar-refractivity contribution < 1.29 is 83.4 Å². The molecular formula is C48H81KO7S. The van der Waals surface area contributed by atoms with E-state index in [4.69, 9.17) is 9.47 Å². The molecule has 0 heterocycles. The minimum Gasteiger partial charge on any atom is -0.744 e. The van der Waals surface area contributed by atoms with Crippen molar-refractivity contribution in [3.8, 4) is 0 Å². The minimum atomic E-state index is -5.01. The Morgan fingerprint density at radius 1 is 0.491 bits per heavy atom. The van der Waals surface area contributed by atoms with Crippen LogP contribution < -0.4 is 51.4 Å². The van der Waals surface area contributed by atoms with E-state index in [0.29, 0.717) is 12.8 Å². The molecule has 0 bridgehead atoms. The number of unbranched alkanes of at least 4 members (excludes halogenated alkanes) is 30. The van der Waals surface area contributed by atoms with Crippen LogP contribution in [0.3, 0.4) is 0 Å². The van der Waals surface area contributed by atoms with Crippen LogP contribution in [-0.2, 0) is 19.6 Å². The molecule has 57 heavy (non-hydrogen) atoms.